The number of aromatic nitrogens is 1. The molecule has 1 aromatic heterocycles. The number of ether oxygens (including phenoxy) is 1. The maximum absolute atomic E-state index is 12.7. The highest BCUT2D eigenvalue weighted by Crippen LogP contribution is 2.23. The first-order valence-corrected chi connectivity index (χ1v) is 10.7. The van der Waals surface area contributed by atoms with Gasteiger partial charge in [-0.15, -0.1) is 11.8 Å². The van der Waals surface area contributed by atoms with Crippen molar-refractivity contribution in [3.05, 3.63) is 62.9 Å². The molecule has 0 N–H and O–H groups in total. The number of thioether (sulfide) groups is 1. The number of nitro benzene ring substituents is 1. The van der Waals surface area contributed by atoms with Crippen LogP contribution in [0.25, 0.3) is 10.2 Å². The van der Waals surface area contributed by atoms with Gasteiger partial charge in [0, 0.05) is 35.7 Å². The van der Waals surface area contributed by atoms with Crippen LogP contribution in [0.2, 0.25) is 0 Å². The Morgan fingerprint density at radius 1 is 1.32 bits per heavy atom. The van der Waals surface area contributed by atoms with Gasteiger partial charge in [0.25, 0.3) is 11.6 Å². The van der Waals surface area contributed by atoms with Crippen molar-refractivity contribution in [1.29, 1.82) is 0 Å². The lowest BCUT2D eigenvalue weighted by molar-refractivity contribution is -0.384. The fraction of sp³-hybridized carbons (Fsp3) is 0.263. The van der Waals surface area contributed by atoms with Crippen molar-refractivity contribution in [3.8, 4) is 0 Å². The second-order valence-electron chi connectivity index (χ2n) is 5.79. The van der Waals surface area contributed by atoms with Crippen LogP contribution in [0.4, 0.5) is 5.69 Å². The van der Waals surface area contributed by atoms with Gasteiger partial charge in [-0.1, -0.05) is 17.4 Å². The monoisotopic (exact) mass is 417 g/mol. The van der Waals surface area contributed by atoms with Gasteiger partial charge in [0.1, 0.15) is 0 Å². The maximum atomic E-state index is 12.7. The quantitative estimate of drug-likeness (QED) is 0.250. The van der Waals surface area contributed by atoms with Gasteiger partial charge in [-0.25, -0.2) is 0 Å². The van der Waals surface area contributed by atoms with E-state index in [1.165, 1.54) is 23.5 Å². The van der Waals surface area contributed by atoms with Gasteiger partial charge in [-0.2, -0.15) is 4.99 Å². The Labute approximate surface area is 169 Å². The molecule has 0 aliphatic heterocycles. The Bertz CT molecular complexity index is 1090. The standard InChI is InChI=1S/C19H19N3O4S2/c1-3-26-10-9-21-16-8-7-14(22(24)25)12-17(16)28-19(21)20-18(23)13-5-4-6-15(11-13)27-2/h4-8,11-12H,3,9-10H2,1-2H3. The fourth-order valence-corrected chi connectivity index (χ4v) is 4.23. The highest BCUT2D eigenvalue weighted by Gasteiger charge is 2.13. The molecule has 0 unspecified atom stereocenters. The van der Waals surface area contributed by atoms with Gasteiger partial charge in [0.05, 0.1) is 21.7 Å². The summed E-state index contributed by atoms with van der Waals surface area (Å²) >= 11 is 2.81. The number of carbonyl (C=O) groups is 1. The summed E-state index contributed by atoms with van der Waals surface area (Å²) in [6.45, 7) is 3.46. The molecule has 0 saturated carbocycles. The van der Waals surface area contributed by atoms with Crippen LogP contribution in [-0.2, 0) is 11.3 Å². The molecule has 3 rings (SSSR count). The smallest absolute Gasteiger partial charge is 0.279 e. The minimum absolute atomic E-state index is 0.0104. The van der Waals surface area contributed by atoms with Crippen LogP contribution in [-0.4, -0.2) is 34.9 Å². The van der Waals surface area contributed by atoms with E-state index < -0.39 is 4.92 Å². The summed E-state index contributed by atoms with van der Waals surface area (Å²) in [5.41, 5.74) is 1.31. The third kappa shape index (κ3) is 4.49. The Balaban J connectivity index is 2.08. The predicted molar refractivity (Wildman–Crippen MR) is 111 cm³/mol. The molecule has 9 heteroatoms. The van der Waals surface area contributed by atoms with E-state index in [9.17, 15) is 14.9 Å². The van der Waals surface area contributed by atoms with E-state index in [4.69, 9.17) is 4.74 Å². The highest BCUT2D eigenvalue weighted by molar-refractivity contribution is 7.98. The molecule has 0 spiro atoms. The van der Waals surface area contributed by atoms with Crippen LogP contribution in [0.3, 0.4) is 0 Å². The zero-order valence-corrected chi connectivity index (χ0v) is 17.1. The number of nitro groups is 1. The topological polar surface area (TPSA) is 86.7 Å². The first-order chi connectivity index (χ1) is 13.5. The molecule has 0 radical (unpaired) electrons. The molecular weight excluding hydrogens is 398 g/mol. The summed E-state index contributed by atoms with van der Waals surface area (Å²) in [7, 11) is 0. The molecule has 1 heterocycles. The Hall–Kier alpha value is -2.49. The molecule has 0 aliphatic rings. The summed E-state index contributed by atoms with van der Waals surface area (Å²) in [5, 5.41) is 11.1. The van der Waals surface area contributed by atoms with Gasteiger partial charge >= 0.3 is 0 Å². The van der Waals surface area contributed by atoms with Crippen LogP contribution < -0.4 is 4.80 Å². The number of hydrogen-bond acceptors (Lipinski definition) is 6. The zero-order chi connectivity index (χ0) is 20.1. The second-order valence-corrected chi connectivity index (χ2v) is 7.68. The molecule has 146 valence electrons. The number of non-ortho nitro benzene ring substituents is 1. The molecule has 0 atom stereocenters. The molecule has 0 saturated heterocycles. The van der Waals surface area contributed by atoms with Crippen LogP contribution in [0.1, 0.15) is 17.3 Å². The average molecular weight is 418 g/mol. The normalized spacial score (nSPS) is 11.9. The van der Waals surface area contributed by atoms with Crippen LogP contribution in [0, 0.1) is 10.1 Å². The Kier molecular flexibility index (Phi) is 6.61. The van der Waals surface area contributed by atoms with Gasteiger partial charge < -0.3 is 9.30 Å². The van der Waals surface area contributed by atoms with Crippen molar-refractivity contribution >= 4 is 44.9 Å². The third-order valence-electron chi connectivity index (χ3n) is 4.05. The number of carbonyl (C=O) groups excluding carboxylic acids is 1. The number of benzene rings is 2. The summed E-state index contributed by atoms with van der Waals surface area (Å²) in [6.07, 6.45) is 1.95. The molecule has 7 nitrogen and oxygen atoms in total. The Morgan fingerprint density at radius 2 is 2.14 bits per heavy atom. The van der Waals surface area contributed by atoms with Crippen molar-refractivity contribution in [2.75, 3.05) is 19.5 Å². The van der Waals surface area contributed by atoms with Gasteiger partial charge in [0.2, 0.25) is 0 Å². The van der Waals surface area contributed by atoms with E-state index in [-0.39, 0.29) is 11.6 Å². The first-order valence-electron chi connectivity index (χ1n) is 8.62. The first kappa shape index (κ1) is 20.2. The number of fused-ring (bicyclic) bond motifs is 1. The molecule has 0 bridgehead atoms. The van der Waals surface area contributed by atoms with E-state index in [0.717, 1.165) is 10.4 Å². The minimum atomic E-state index is -0.431. The van der Waals surface area contributed by atoms with E-state index >= 15 is 0 Å². The van der Waals surface area contributed by atoms with Crippen molar-refractivity contribution in [3.63, 3.8) is 0 Å². The zero-order valence-electron chi connectivity index (χ0n) is 15.5. The second kappa shape index (κ2) is 9.13. The van der Waals surface area contributed by atoms with E-state index in [2.05, 4.69) is 4.99 Å². The highest BCUT2D eigenvalue weighted by atomic mass is 32.2. The fourth-order valence-electron chi connectivity index (χ4n) is 2.68. The maximum Gasteiger partial charge on any atom is 0.279 e. The number of nitrogens with zero attached hydrogens (tertiary/aromatic N) is 3. The van der Waals surface area contributed by atoms with E-state index in [0.29, 0.717) is 34.8 Å². The summed E-state index contributed by atoms with van der Waals surface area (Å²) in [4.78, 5) is 29.1. The number of amides is 1. The van der Waals surface area contributed by atoms with Gasteiger partial charge in [-0.3, -0.25) is 14.9 Å². The van der Waals surface area contributed by atoms with Crippen molar-refractivity contribution in [2.45, 2.75) is 18.4 Å². The predicted octanol–water partition coefficient (Wildman–Crippen LogP) is 4.11. The summed E-state index contributed by atoms with van der Waals surface area (Å²) in [5.74, 6) is -0.345. The molecule has 28 heavy (non-hydrogen) atoms. The summed E-state index contributed by atoms with van der Waals surface area (Å²) < 4.78 is 8.01. The lowest BCUT2D eigenvalue weighted by Crippen LogP contribution is -2.19. The van der Waals surface area contributed by atoms with Gasteiger partial charge in [0.15, 0.2) is 4.80 Å². The third-order valence-corrected chi connectivity index (χ3v) is 5.82. The number of rotatable bonds is 7. The van der Waals surface area contributed by atoms with E-state index in [1.807, 2.05) is 29.9 Å². The lowest BCUT2D eigenvalue weighted by atomic mass is 10.2. The number of hydrogen-bond donors (Lipinski definition) is 0. The van der Waals surface area contributed by atoms with Crippen LogP contribution in [0.15, 0.2) is 52.4 Å². The SMILES string of the molecule is CCOCCn1c(=NC(=O)c2cccc(SC)c2)sc2cc([N+](=O)[O-])ccc21. The average Bonchev–Trinajstić information content (AvgIpc) is 3.04. The minimum Gasteiger partial charge on any atom is -0.380 e. The molecular formula is C19H19N3O4S2. The van der Waals surface area contributed by atoms with E-state index in [1.54, 1.807) is 30.0 Å². The van der Waals surface area contributed by atoms with Crippen LogP contribution >= 0.6 is 23.1 Å². The number of thiazole rings is 1. The van der Waals surface area contributed by atoms with Crippen LogP contribution in [0.5, 0.6) is 0 Å². The molecule has 1 amide bonds. The molecule has 0 aliphatic carbocycles. The van der Waals surface area contributed by atoms with Crippen molar-refractivity contribution < 1.29 is 14.5 Å². The van der Waals surface area contributed by atoms with Crippen molar-refractivity contribution in [2.24, 2.45) is 4.99 Å². The Morgan fingerprint density at radius 3 is 2.86 bits per heavy atom. The molecule has 2 aromatic carbocycles. The molecule has 3 aromatic rings. The van der Waals surface area contributed by atoms with Gasteiger partial charge in [-0.05, 0) is 37.4 Å². The lowest BCUT2D eigenvalue weighted by Gasteiger charge is -2.05. The summed E-state index contributed by atoms with van der Waals surface area (Å²) in [6, 6.07) is 11.9. The van der Waals surface area contributed by atoms with Crippen molar-refractivity contribution in [1.82, 2.24) is 4.57 Å². The largest absolute Gasteiger partial charge is 0.380 e. The molecule has 0 fully saturated rings.